The number of methoxy groups -OCH3 is 1. The fourth-order valence-electron chi connectivity index (χ4n) is 3.41. The Bertz CT molecular complexity index is 1270. The highest BCUT2D eigenvalue weighted by Crippen LogP contribution is 2.32. The first kappa shape index (κ1) is 24.5. The van der Waals surface area contributed by atoms with Crippen LogP contribution in [0.3, 0.4) is 0 Å². The lowest BCUT2D eigenvalue weighted by Crippen LogP contribution is -2.35. The second-order valence-electron chi connectivity index (χ2n) is 8.47. The molecule has 2 aliphatic rings. The van der Waals surface area contributed by atoms with Crippen LogP contribution in [0, 0.1) is 25.2 Å². The van der Waals surface area contributed by atoms with Crippen molar-refractivity contribution in [1.82, 2.24) is 5.01 Å². The van der Waals surface area contributed by atoms with Gasteiger partial charge in [0.05, 0.1) is 12.7 Å². The molecule has 0 atom stereocenters. The summed E-state index contributed by atoms with van der Waals surface area (Å²) in [5, 5.41) is 15.6. The molecule has 2 heterocycles. The fraction of sp³-hybridized carbons (Fsp3) is 0.308. The highest BCUT2D eigenvalue weighted by atomic mass is 32.2. The highest BCUT2D eigenvalue weighted by molar-refractivity contribution is 8.27. The summed E-state index contributed by atoms with van der Waals surface area (Å²) in [6.07, 6.45) is 1.62. The normalized spacial score (nSPS) is 16.4. The number of carbonyl (C=O) groups is 1. The van der Waals surface area contributed by atoms with Crippen LogP contribution in [0.1, 0.15) is 30.5 Å². The van der Waals surface area contributed by atoms with Gasteiger partial charge in [-0.3, -0.25) is 10.2 Å². The number of benzene rings is 2. The Balaban J connectivity index is 1.44. The second kappa shape index (κ2) is 10.4. The van der Waals surface area contributed by atoms with Gasteiger partial charge in [-0.1, -0.05) is 26.0 Å². The molecular weight excluding hydrogens is 464 g/mol. The lowest BCUT2D eigenvalue weighted by atomic mass is 10.1. The quantitative estimate of drug-likeness (QED) is 0.409. The number of carbonyl (C=O) groups excluding carboxylic acids is 1. The van der Waals surface area contributed by atoms with Gasteiger partial charge < -0.3 is 14.2 Å². The Morgan fingerprint density at radius 3 is 2.54 bits per heavy atom. The Labute approximate surface area is 209 Å². The van der Waals surface area contributed by atoms with Crippen molar-refractivity contribution in [1.29, 1.82) is 5.41 Å². The van der Waals surface area contributed by atoms with E-state index in [9.17, 15) is 4.79 Å². The summed E-state index contributed by atoms with van der Waals surface area (Å²) in [6.45, 7) is 8.86. The van der Waals surface area contributed by atoms with E-state index >= 15 is 0 Å². The van der Waals surface area contributed by atoms with Crippen molar-refractivity contribution in [2.45, 2.75) is 27.7 Å². The van der Waals surface area contributed by atoms with Crippen LogP contribution in [-0.4, -0.2) is 47.3 Å². The zero-order valence-electron chi connectivity index (χ0n) is 20.4. The van der Waals surface area contributed by atoms with Gasteiger partial charge in [0.2, 0.25) is 5.17 Å². The Kier molecular flexibility index (Phi) is 7.25. The minimum absolute atomic E-state index is 0.00549. The standard InChI is InChI=1S/C26H28N4O4S/c1-15(2)25-29-30-23(27)20(24(31)28-26(30)35-25)13-18-7-9-21(22(14-18)32-5)34-11-10-33-19-8-6-16(3)17(4)12-19/h6-9,12-15,27H,10-11H2,1-5H3/b20-13-,27-23?. The van der Waals surface area contributed by atoms with E-state index in [1.165, 1.54) is 27.9 Å². The van der Waals surface area contributed by atoms with E-state index in [-0.39, 0.29) is 17.3 Å². The van der Waals surface area contributed by atoms with Crippen molar-refractivity contribution in [3.05, 3.63) is 58.7 Å². The molecule has 1 N–H and O–H groups in total. The molecule has 9 heteroatoms. The molecule has 0 radical (unpaired) electrons. The monoisotopic (exact) mass is 492 g/mol. The third-order valence-corrected chi connectivity index (χ3v) is 6.76. The minimum Gasteiger partial charge on any atom is -0.493 e. The van der Waals surface area contributed by atoms with Gasteiger partial charge in [-0.2, -0.15) is 15.1 Å². The van der Waals surface area contributed by atoms with E-state index in [1.807, 2.05) is 39.0 Å². The van der Waals surface area contributed by atoms with Gasteiger partial charge in [0.25, 0.3) is 5.91 Å². The fourth-order valence-corrected chi connectivity index (χ4v) is 4.31. The molecule has 0 fully saturated rings. The molecule has 0 spiro atoms. The number of hydrazone groups is 1. The minimum atomic E-state index is -0.461. The molecule has 1 amide bonds. The first-order chi connectivity index (χ1) is 16.8. The Hall–Kier alpha value is -3.59. The molecule has 2 aromatic rings. The van der Waals surface area contributed by atoms with E-state index in [0.717, 1.165) is 10.8 Å². The molecule has 4 rings (SSSR count). The van der Waals surface area contributed by atoms with Crippen molar-refractivity contribution in [3.8, 4) is 17.2 Å². The van der Waals surface area contributed by atoms with Crippen LogP contribution in [0.2, 0.25) is 0 Å². The van der Waals surface area contributed by atoms with Gasteiger partial charge in [0.15, 0.2) is 17.3 Å². The van der Waals surface area contributed by atoms with Gasteiger partial charge in [0, 0.05) is 5.92 Å². The number of amides is 1. The molecule has 8 nitrogen and oxygen atoms in total. The van der Waals surface area contributed by atoms with Gasteiger partial charge in [0.1, 0.15) is 24.0 Å². The zero-order valence-corrected chi connectivity index (χ0v) is 21.2. The number of nitrogens with zero attached hydrogens (tertiary/aromatic N) is 3. The smallest absolute Gasteiger partial charge is 0.283 e. The predicted molar refractivity (Wildman–Crippen MR) is 140 cm³/mol. The Morgan fingerprint density at radius 1 is 1.06 bits per heavy atom. The number of fused-ring (bicyclic) bond motifs is 1. The van der Waals surface area contributed by atoms with Crippen LogP contribution in [0.5, 0.6) is 17.2 Å². The lowest BCUT2D eigenvalue weighted by molar-refractivity contribution is -0.114. The molecule has 35 heavy (non-hydrogen) atoms. The second-order valence-corrected chi connectivity index (χ2v) is 9.45. The molecule has 0 unspecified atom stereocenters. The van der Waals surface area contributed by atoms with Crippen molar-refractivity contribution < 1.29 is 19.0 Å². The van der Waals surface area contributed by atoms with Gasteiger partial charge in [-0.25, -0.2) is 0 Å². The van der Waals surface area contributed by atoms with Gasteiger partial charge in [-0.05, 0) is 72.6 Å². The van der Waals surface area contributed by atoms with E-state index < -0.39 is 5.91 Å². The van der Waals surface area contributed by atoms with Crippen molar-refractivity contribution >= 4 is 39.8 Å². The number of hydrogen-bond acceptors (Lipinski definition) is 7. The summed E-state index contributed by atoms with van der Waals surface area (Å²) in [7, 11) is 1.55. The number of thioether (sulfide) groups is 1. The Morgan fingerprint density at radius 2 is 1.83 bits per heavy atom. The van der Waals surface area contributed by atoms with Crippen LogP contribution in [0.4, 0.5) is 0 Å². The van der Waals surface area contributed by atoms with E-state index in [4.69, 9.17) is 19.6 Å². The number of aliphatic imine (C=N–C) groups is 1. The third-order valence-electron chi connectivity index (χ3n) is 5.55. The topological polar surface area (TPSA) is 96.6 Å². The average Bonchev–Trinajstić information content (AvgIpc) is 3.26. The maximum Gasteiger partial charge on any atom is 0.283 e. The predicted octanol–water partition coefficient (Wildman–Crippen LogP) is 5.05. The summed E-state index contributed by atoms with van der Waals surface area (Å²) < 4.78 is 17.1. The van der Waals surface area contributed by atoms with E-state index in [1.54, 1.807) is 31.4 Å². The summed E-state index contributed by atoms with van der Waals surface area (Å²) in [6, 6.07) is 11.3. The summed E-state index contributed by atoms with van der Waals surface area (Å²) in [4.78, 5) is 16.7. The summed E-state index contributed by atoms with van der Waals surface area (Å²) in [5.41, 5.74) is 3.25. The molecule has 0 aliphatic carbocycles. The summed E-state index contributed by atoms with van der Waals surface area (Å²) >= 11 is 1.33. The first-order valence-electron chi connectivity index (χ1n) is 11.3. The molecule has 0 saturated heterocycles. The van der Waals surface area contributed by atoms with Crippen molar-refractivity contribution in [2.75, 3.05) is 20.3 Å². The average molecular weight is 493 g/mol. The SMILES string of the molecule is COc1cc(/C=C2/C(=N)N3N=C(C(C)C)SC3=NC2=O)ccc1OCCOc1ccc(C)c(C)c1. The zero-order chi connectivity index (χ0) is 25.1. The largest absolute Gasteiger partial charge is 0.493 e. The van der Waals surface area contributed by atoms with Gasteiger partial charge in [-0.15, -0.1) is 0 Å². The van der Waals surface area contributed by atoms with Gasteiger partial charge >= 0.3 is 0 Å². The van der Waals surface area contributed by atoms with Crippen LogP contribution < -0.4 is 14.2 Å². The molecule has 2 aliphatic heterocycles. The van der Waals surface area contributed by atoms with Crippen molar-refractivity contribution in [2.24, 2.45) is 16.0 Å². The molecule has 0 bridgehead atoms. The van der Waals surface area contributed by atoms with Crippen LogP contribution in [0.15, 0.2) is 52.1 Å². The van der Waals surface area contributed by atoms with E-state index in [2.05, 4.69) is 17.0 Å². The first-order valence-corrected chi connectivity index (χ1v) is 12.1. The van der Waals surface area contributed by atoms with Crippen molar-refractivity contribution in [3.63, 3.8) is 0 Å². The highest BCUT2D eigenvalue weighted by Gasteiger charge is 2.36. The van der Waals surface area contributed by atoms with Crippen LogP contribution in [-0.2, 0) is 4.79 Å². The van der Waals surface area contributed by atoms with Crippen LogP contribution in [0.25, 0.3) is 6.08 Å². The molecule has 0 aromatic heterocycles. The number of amidine groups is 2. The number of aryl methyl sites for hydroxylation is 2. The molecular formula is C26H28N4O4S. The molecule has 182 valence electrons. The third kappa shape index (κ3) is 5.40. The number of ether oxygens (including phenoxy) is 3. The maximum atomic E-state index is 12.6. The lowest BCUT2D eigenvalue weighted by Gasteiger charge is -2.20. The molecule has 0 saturated carbocycles. The number of nitrogens with one attached hydrogen (secondary N) is 1. The van der Waals surface area contributed by atoms with Crippen LogP contribution >= 0.6 is 11.8 Å². The maximum absolute atomic E-state index is 12.6. The van der Waals surface area contributed by atoms with E-state index in [0.29, 0.717) is 35.4 Å². The number of rotatable bonds is 8. The summed E-state index contributed by atoms with van der Waals surface area (Å²) in [5.74, 6) is 1.61. The molecule has 2 aromatic carbocycles. The number of hydrogen-bond donors (Lipinski definition) is 1.